The second kappa shape index (κ2) is 6.06. The van der Waals surface area contributed by atoms with E-state index in [0.29, 0.717) is 23.9 Å². The molecule has 6 nitrogen and oxygen atoms in total. The van der Waals surface area contributed by atoms with Gasteiger partial charge < -0.3 is 20.5 Å². The number of ether oxygens (including phenoxy) is 1. The SMILES string of the molecule is CCCNc1ncnc(NCC2(O)CCC2)c1OC. The molecule has 1 heterocycles. The number of anilines is 2. The van der Waals surface area contributed by atoms with E-state index in [1.807, 2.05) is 0 Å². The Labute approximate surface area is 113 Å². The number of aliphatic hydroxyl groups is 1. The summed E-state index contributed by atoms with van der Waals surface area (Å²) in [4.78, 5) is 8.36. The molecule has 0 saturated heterocycles. The fraction of sp³-hybridized carbons (Fsp3) is 0.692. The van der Waals surface area contributed by atoms with E-state index in [1.165, 1.54) is 6.33 Å². The first kappa shape index (κ1) is 13.9. The summed E-state index contributed by atoms with van der Waals surface area (Å²) in [7, 11) is 1.60. The molecular weight excluding hydrogens is 244 g/mol. The molecule has 0 aliphatic heterocycles. The number of nitrogens with one attached hydrogen (secondary N) is 2. The van der Waals surface area contributed by atoms with Gasteiger partial charge in [0.2, 0.25) is 5.75 Å². The molecule has 0 spiro atoms. The molecule has 1 aliphatic rings. The van der Waals surface area contributed by atoms with Crippen LogP contribution in [0.4, 0.5) is 11.6 Å². The number of methoxy groups -OCH3 is 1. The van der Waals surface area contributed by atoms with Crippen LogP contribution in [0.5, 0.6) is 5.75 Å². The molecule has 1 aliphatic carbocycles. The van der Waals surface area contributed by atoms with Gasteiger partial charge in [0.05, 0.1) is 12.7 Å². The number of rotatable bonds is 7. The van der Waals surface area contributed by atoms with E-state index >= 15 is 0 Å². The molecule has 6 heteroatoms. The Morgan fingerprint density at radius 1 is 1.32 bits per heavy atom. The third kappa shape index (κ3) is 3.26. The molecule has 3 N–H and O–H groups in total. The van der Waals surface area contributed by atoms with Crippen LogP contribution in [0.3, 0.4) is 0 Å². The van der Waals surface area contributed by atoms with E-state index in [-0.39, 0.29) is 0 Å². The van der Waals surface area contributed by atoms with Gasteiger partial charge in [0.25, 0.3) is 0 Å². The van der Waals surface area contributed by atoms with Gasteiger partial charge >= 0.3 is 0 Å². The molecular formula is C13H22N4O2. The summed E-state index contributed by atoms with van der Waals surface area (Å²) < 4.78 is 5.36. The van der Waals surface area contributed by atoms with Crippen molar-refractivity contribution in [2.24, 2.45) is 0 Å². The zero-order chi connectivity index (χ0) is 13.7. The molecule has 2 rings (SSSR count). The lowest BCUT2D eigenvalue weighted by molar-refractivity contribution is -0.0202. The summed E-state index contributed by atoms with van der Waals surface area (Å²) in [6.45, 7) is 3.41. The first-order chi connectivity index (χ1) is 9.18. The maximum Gasteiger partial charge on any atom is 0.204 e. The van der Waals surface area contributed by atoms with Crippen molar-refractivity contribution in [3.63, 3.8) is 0 Å². The molecule has 0 unspecified atom stereocenters. The van der Waals surface area contributed by atoms with E-state index in [1.54, 1.807) is 7.11 Å². The Morgan fingerprint density at radius 3 is 2.53 bits per heavy atom. The van der Waals surface area contributed by atoms with Gasteiger partial charge in [0.15, 0.2) is 11.6 Å². The minimum atomic E-state index is -0.590. The Morgan fingerprint density at radius 2 is 2.00 bits per heavy atom. The van der Waals surface area contributed by atoms with Crippen molar-refractivity contribution in [1.82, 2.24) is 9.97 Å². The highest BCUT2D eigenvalue weighted by Gasteiger charge is 2.34. The Bertz CT molecular complexity index is 421. The lowest BCUT2D eigenvalue weighted by atomic mass is 9.80. The summed E-state index contributed by atoms with van der Waals surface area (Å²) >= 11 is 0. The first-order valence-corrected chi connectivity index (χ1v) is 6.77. The van der Waals surface area contributed by atoms with Gasteiger partial charge in [-0.3, -0.25) is 0 Å². The minimum absolute atomic E-state index is 0.494. The average Bonchev–Trinajstić information content (AvgIpc) is 2.40. The molecule has 106 valence electrons. The van der Waals surface area contributed by atoms with Gasteiger partial charge in [-0.2, -0.15) is 0 Å². The van der Waals surface area contributed by atoms with Gasteiger partial charge in [0, 0.05) is 13.1 Å². The topological polar surface area (TPSA) is 79.3 Å². The predicted molar refractivity (Wildman–Crippen MR) is 74.7 cm³/mol. The molecule has 0 radical (unpaired) electrons. The van der Waals surface area contributed by atoms with Crippen molar-refractivity contribution in [3.8, 4) is 5.75 Å². The highest BCUT2D eigenvalue weighted by atomic mass is 16.5. The molecule has 19 heavy (non-hydrogen) atoms. The fourth-order valence-electron chi connectivity index (χ4n) is 2.07. The van der Waals surface area contributed by atoms with E-state index in [9.17, 15) is 5.11 Å². The van der Waals surface area contributed by atoms with Gasteiger partial charge in [-0.1, -0.05) is 6.92 Å². The molecule has 0 aromatic carbocycles. The number of hydrogen-bond donors (Lipinski definition) is 3. The minimum Gasteiger partial charge on any atom is -0.490 e. The van der Waals surface area contributed by atoms with Gasteiger partial charge in [0.1, 0.15) is 6.33 Å². The zero-order valence-corrected chi connectivity index (χ0v) is 11.6. The van der Waals surface area contributed by atoms with Crippen molar-refractivity contribution in [2.45, 2.75) is 38.2 Å². The van der Waals surface area contributed by atoms with Crippen LogP contribution < -0.4 is 15.4 Å². The van der Waals surface area contributed by atoms with E-state index in [2.05, 4.69) is 27.5 Å². The summed E-state index contributed by atoms with van der Waals surface area (Å²) in [5.74, 6) is 1.90. The zero-order valence-electron chi connectivity index (χ0n) is 11.6. The van der Waals surface area contributed by atoms with Crippen molar-refractivity contribution >= 4 is 11.6 Å². The fourth-order valence-corrected chi connectivity index (χ4v) is 2.07. The van der Waals surface area contributed by atoms with Crippen LogP contribution in [0.25, 0.3) is 0 Å². The summed E-state index contributed by atoms with van der Waals surface area (Å²) in [5, 5.41) is 16.4. The third-order valence-electron chi connectivity index (χ3n) is 3.42. The van der Waals surface area contributed by atoms with Crippen LogP contribution in [0.15, 0.2) is 6.33 Å². The number of nitrogens with zero attached hydrogens (tertiary/aromatic N) is 2. The van der Waals surface area contributed by atoms with Crippen molar-refractivity contribution < 1.29 is 9.84 Å². The van der Waals surface area contributed by atoms with E-state index in [0.717, 1.165) is 32.2 Å². The molecule has 0 bridgehead atoms. The van der Waals surface area contributed by atoms with Gasteiger partial charge in [-0.25, -0.2) is 9.97 Å². The number of aromatic nitrogens is 2. The van der Waals surface area contributed by atoms with Crippen LogP contribution >= 0.6 is 0 Å². The molecule has 0 atom stereocenters. The highest BCUT2D eigenvalue weighted by Crippen LogP contribution is 2.34. The molecule has 1 saturated carbocycles. The third-order valence-corrected chi connectivity index (χ3v) is 3.42. The van der Waals surface area contributed by atoms with Crippen molar-refractivity contribution in [2.75, 3.05) is 30.8 Å². The van der Waals surface area contributed by atoms with Crippen molar-refractivity contribution in [1.29, 1.82) is 0 Å². The lowest BCUT2D eigenvalue weighted by Gasteiger charge is -2.36. The summed E-state index contributed by atoms with van der Waals surface area (Å²) in [5.41, 5.74) is -0.590. The largest absolute Gasteiger partial charge is 0.490 e. The van der Waals surface area contributed by atoms with Crippen LogP contribution in [-0.4, -0.2) is 40.9 Å². The monoisotopic (exact) mass is 266 g/mol. The lowest BCUT2D eigenvalue weighted by Crippen LogP contribution is -2.43. The predicted octanol–water partition coefficient (Wildman–Crippen LogP) is 1.63. The highest BCUT2D eigenvalue weighted by molar-refractivity contribution is 5.63. The Balaban J connectivity index is 2.05. The quantitative estimate of drug-likeness (QED) is 0.696. The maximum atomic E-state index is 10.1. The van der Waals surface area contributed by atoms with Crippen LogP contribution in [0.1, 0.15) is 32.6 Å². The maximum absolute atomic E-state index is 10.1. The second-order valence-corrected chi connectivity index (χ2v) is 4.96. The average molecular weight is 266 g/mol. The van der Waals surface area contributed by atoms with E-state index < -0.39 is 5.60 Å². The number of hydrogen-bond acceptors (Lipinski definition) is 6. The van der Waals surface area contributed by atoms with Crippen LogP contribution in [0.2, 0.25) is 0 Å². The smallest absolute Gasteiger partial charge is 0.204 e. The standard InChI is InChI=1S/C13H22N4O2/c1-3-7-14-11-10(19-2)12(17-9-16-11)15-8-13(18)5-4-6-13/h9,18H,3-8H2,1-2H3,(H2,14,15,16,17). The van der Waals surface area contributed by atoms with Crippen molar-refractivity contribution in [3.05, 3.63) is 6.33 Å². The second-order valence-electron chi connectivity index (χ2n) is 4.96. The molecule has 1 fully saturated rings. The Kier molecular flexibility index (Phi) is 4.42. The van der Waals surface area contributed by atoms with Gasteiger partial charge in [-0.15, -0.1) is 0 Å². The molecule has 1 aromatic heterocycles. The normalized spacial score (nSPS) is 16.6. The van der Waals surface area contributed by atoms with Gasteiger partial charge in [-0.05, 0) is 25.7 Å². The molecule has 0 amide bonds. The Hall–Kier alpha value is -1.56. The van der Waals surface area contributed by atoms with E-state index in [4.69, 9.17) is 4.74 Å². The molecule has 1 aromatic rings. The van der Waals surface area contributed by atoms with Crippen LogP contribution in [0, 0.1) is 0 Å². The van der Waals surface area contributed by atoms with Crippen LogP contribution in [-0.2, 0) is 0 Å². The first-order valence-electron chi connectivity index (χ1n) is 6.77. The summed E-state index contributed by atoms with van der Waals surface area (Å²) in [6.07, 6.45) is 5.27. The summed E-state index contributed by atoms with van der Waals surface area (Å²) in [6, 6.07) is 0.